The first-order valence-corrected chi connectivity index (χ1v) is 7.16. The lowest BCUT2D eigenvalue weighted by atomic mass is 10.2. The number of thioether (sulfide) groups is 1. The average molecular weight is 335 g/mol. The summed E-state index contributed by atoms with van der Waals surface area (Å²) in [4.78, 5) is 11.7. The Bertz CT molecular complexity index is 326. The fourth-order valence-corrected chi connectivity index (χ4v) is 2.14. The van der Waals surface area contributed by atoms with Crippen molar-refractivity contribution in [2.75, 3.05) is 12.0 Å². The highest BCUT2D eigenvalue weighted by atomic mass is 127. The van der Waals surface area contributed by atoms with Gasteiger partial charge in [-0.2, -0.15) is 11.8 Å². The Labute approximate surface area is 108 Å². The standard InChI is InChI=1S/C11H14INOS/c1-8(7-15-2)13-11(14)9-3-5-10(12)6-4-9/h3-6,8H,7H2,1-2H3,(H,13,14). The molecule has 0 saturated heterocycles. The van der Waals surface area contributed by atoms with E-state index in [-0.39, 0.29) is 11.9 Å². The molecule has 0 heterocycles. The van der Waals surface area contributed by atoms with Gasteiger partial charge in [0.15, 0.2) is 0 Å². The normalized spacial score (nSPS) is 12.2. The third-order valence-electron chi connectivity index (χ3n) is 1.90. The average Bonchev–Trinajstić information content (AvgIpc) is 2.18. The van der Waals surface area contributed by atoms with Crippen molar-refractivity contribution in [1.29, 1.82) is 0 Å². The van der Waals surface area contributed by atoms with Crippen LogP contribution >= 0.6 is 34.4 Å². The molecule has 2 nitrogen and oxygen atoms in total. The first-order valence-electron chi connectivity index (χ1n) is 4.69. The Morgan fingerprint density at radius 3 is 2.60 bits per heavy atom. The molecule has 0 radical (unpaired) electrons. The van der Waals surface area contributed by atoms with E-state index in [1.54, 1.807) is 11.8 Å². The van der Waals surface area contributed by atoms with Crippen LogP contribution in [0.5, 0.6) is 0 Å². The molecule has 1 aromatic rings. The topological polar surface area (TPSA) is 29.1 Å². The van der Waals surface area contributed by atoms with E-state index in [0.29, 0.717) is 0 Å². The van der Waals surface area contributed by atoms with Crippen LogP contribution in [0.4, 0.5) is 0 Å². The number of amides is 1. The summed E-state index contributed by atoms with van der Waals surface area (Å²) in [5.41, 5.74) is 0.725. The zero-order chi connectivity index (χ0) is 11.3. The molecule has 0 bridgehead atoms. The molecule has 4 heteroatoms. The third-order valence-corrected chi connectivity index (χ3v) is 3.45. The van der Waals surface area contributed by atoms with Crippen LogP contribution in [0.25, 0.3) is 0 Å². The number of rotatable bonds is 4. The SMILES string of the molecule is CSCC(C)NC(=O)c1ccc(I)cc1. The minimum atomic E-state index is 0.00736. The highest BCUT2D eigenvalue weighted by Gasteiger charge is 2.08. The van der Waals surface area contributed by atoms with Crippen LogP contribution in [0, 0.1) is 3.57 Å². The molecule has 1 N–H and O–H groups in total. The van der Waals surface area contributed by atoms with Gasteiger partial charge in [-0.25, -0.2) is 0 Å². The van der Waals surface area contributed by atoms with Crippen LogP contribution in [0.15, 0.2) is 24.3 Å². The lowest BCUT2D eigenvalue weighted by molar-refractivity contribution is 0.0944. The predicted octanol–water partition coefficient (Wildman–Crippen LogP) is 2.77. The van der Waals surface area contributed by atoms with Gasteiger partial charge in [-0.3, -0.25) is 4.79 Å². The smallest absolute Gasteiger partial charge is 0.251 e. The van der Waals surface area contributed by atoms with Gasteiger partial charge in [0.1, 0.15) is 0 Å². The Morgan fingerprint density at radius 2 is 2.07 bits per heavy atom. The van der Waals surface area contributed by atoms with E-state index in [9.17, 15) is 4.79 Å². The van der Waals surface area contributed by atoms with Crippen molar-refractivity contribution in [2.45, 2.75) is 13.0 Å². The molecule has 0 aromatic heterocycles. The van der Waals surface area contributed by atoms with Gasteiger partial charge < -0.3 is 5.32 Å². The first-order chi connectivity index (χ1) is 7.13. The zero-order valence-corrected chi connectivity index (χ0v) is 11.8. The molecule has 1 amide bonds. The molecule has 1 aromatic carbocycles. The van der Waals surface area contributed by atoms with Crippen molar-refractivity contribution in [1.82, 2.24) is 5.32 Å². The van der Waals surface area contributed by atoms with Gasteiger partial charge in [0.05, 0.1) is 0 Å². The molecule has 82 valence electrons. The van der Waals surface area contributed by atoms with Gasteiger partial charge in [-0.05, 0) is 60.0 Å². The monoisotopic (exact) mass is 335 g/mol. The summed E-state index contributed by atoms with van der Waals surface area (Å²) in [6, 6.07) is 7.79. The summed E-state index contributed by atoms with van der Waals surface area (Å²) < 4.78 is 1.14. The van der Waals surface area contributed by atoms with E-state index in [1.807, 2.05) is 37.4 Å². The van der Waals surface area contributed by atoms with Crippen molar-refractivity contribution in [3.8, 4) is 0 Å². The van der Waals surface area contributed by atoms with Crippen molar-refractivity contribution in [3.05, 3.63) is 33.4 Å². The van der Waals surface area contributed by atoms with E-state index in [1.165, 1.54) is 0 Å². The Kier molecular flexibility index (Phi) is 5.45. The Balaban J connectivity index is 2.57. The van der Waals surface area contributed by atoms with Crippen molar-refractivity contribution >= 4 is 40.3 Å². The molecule has 0 aliphatic carbocycles. The summed E-state index contributed by atoms with van der Waals surface area (Å²) in [7, 11) is 0. The van der Waals surface area contributed by atoms with E-state index in [0.717, 1.165) is 14.9 Å². The minimum Gasteiger partial charge on any atom is -0.349 e. The van der Waals surface area contributed by atoms with Crippen molar-refractivity contribution in [3.63, 3.8) is 0 Å². The molecule has 0 fully saturated rings. The van der Waals surface area contributed by atoms with Gasteiger partial charge in [0.2, 0.25) is 0 Å². The summed E-state index contributed by atoms with van der Waals surface area (Å²) in [6.07, 6.45) is 2.04. The molecule has 0 spiro atoms. The number of halogens is 1. The second kappa shape index (κ2) is 6.37. The second-order valence-electron chi connectivity index (χ2n) is 3.34. The van der Waals surface area contributed by atoms with Gasteiger partial charge >= 0.3 is 0 Å². The van der Waals surface area contributed by atoms with E-state index in [2.05, 4.69) is 27.9 Å². The molecule has 1 unspecified atom stereocenters. The summed E-state index contributed by atoms with van der Waals surface area (Å²) >= 11 is 3.96. The van der Waals surface area contributed by atoms with E-state index in [4.69, 9.17) is 0 Å². The summed E-state index contributed by atoms with van der Waals surface area (Å²) in [5.74, 6) is 0.948. The summed E-state index contributed by atoms with van der Waals surface area (Å²) in [6.45, 7) is 2.01. The number of carbonyl (C=O) groups excluding carboxylic acids is 1. The molecule has 15 heavy (non-hydrogen) atoms. The fourth-order valence-electron chi connectivity index (χ4n) is 1.20. The molecule has 1 atom stereocenters. The third kappa shape index (κ3) is 4.42. The number of carbonyl (C=O) groups is 1. The zero-order valence-electron chi connectivity index (χ0n) is 8.79. The maximum Gasteiger partial charge on any atom is 0.251 e. The lowest BCUT2D eigenvalue weighted by Gasteiger charge is -2.12. The van der Waals surface area contributed by atoms with Crippen LogP contribution < -0.4 is 5.32 Å². The lowest BCUT2D eigenvalue weighted by Crippen LogP contribution is -2.34. The highest BCUT2D eigenvalue weighted by molar-refractivity contribution is 14.1. The van der Waals surface area contributed by atoms with Gasteiger partial charge in [0, 0.05) is 20.9 Å². The fraction of sp³-hybridized carbons (Fsp3) is 0.364. The van der Waals surface area contributed by atoms with Crippen molar-refractivity contribution < 1.29 is 4.79 Å². The molecule has 0 saturated carbocycles. The van der Waals surface area contributed by atoms with Crippen LogP contribution in [0.3, 0.4) is 0 Å². The Morgan fingerprint density at radius 1 is 1.47 bits per heavy atom. The largest absolute Gasteiger partial charge is 0.349 e. The molecular weight excluding hydrogens is 321 g/mol. The minimum absolute atomic E-state index is 0.00736. The summed E-state index contributed by atoms with van der Waals surface area (Å²) in [5, 5.41) is 2.95. The molecule has 0 aliphatic heterocycles. The number of hydrogen-bond donors (Lipinski definition) is 1. The van der Waals surface area contributed by atoms with Crippen LogP contribution in [-0.2, 0) is 0 Å². The highest BCUT2D eigenvalue weighted by Crippen LogP contribution is 2.07. The number of hydrogen-bond acceptors (Lipinski definition) is 2. The predicted molar refractivity (Wildman–Crippen MR) is 74.5 cm³/mol. The maximum absolute atomic E-state index is 11.7. The van der Waals surface area contributed by atoms with Gasteiger partial charge in [-0.1, -0.05) is 0 Å². The van der Waals surface area contributed by atoms with Crippen LogP contribution in [0.1, 0.15) is 17.3 Å². The number of nitrogens with one attached hydrogen (secondary N) is 1. The quantitative estimate of drug-likeness (QED) is 0.858. The maximum atomic E-state index is 11.7. The van der Waals surface area contributed by atoms with Crippen LogP contribution in [-0.4, -0.2) is 24.0 Å². The molecule has 1 rings (SSSR count). The van der Waals surface area contributed by atoms with Crippen LogP contribution in [0.2, 0.25) is 0 Å². The Hall–Kier alpha value is -0.230. The number of benzene rings is 1. The van der Waals surface area contributed by atoms with Gasteiger partial charge in [0.25, 0.3) is 5.91 Å². The molecule has 0 aliphatic rings. The molecular formula is C11H14INOS. The van der Waals surface area contributed by atoms with Crippen molar-refractivity contribution in [2.24, 2.45) is 0 Å². The first kappa shape index (κ1) is 12.8. The second-order valence-corrected chi connectivity index (χ2v) is 5.49. The van der Waals surface area contributed by atoms with Gasteiger partial charge in [-0.15, -0.1) is 0 Å². The van der Waals surface area contributed by atoms with E-state index < -0.39 is 0 Å². The van der Waals surface area contributed by atoms with E-state index >= 15 is 0 Å².